The summed E-state index contributed by atoms with van der Waals surface area (Å²) in [6, 6.07) is 0.374. The van der Waals surface area contributed by atoms with Crippen LogP contribution in [-0.2, 0) is 4.79 Å². The van der Waals surface area contributed by atoms with Gasteiger partial charge in [0.2, 0.25) is 5.91 Å². The lowest BCUT2D eigenvalue weighted by Gasteiger charge is -2.27. The van der Waals surface area contributed by atoms with E-state index in [9.17, 15) is 4.79 Å². The first-order chi connectivity index (χ1) is 9.74. The van der Waals surface area contributed by atoms with E-state index in [0.717, 1.165) is 57.2 Å². The predicted molar refractivity (Wildman–Crippen MR) is 81.7 cm³/mol. The molecule has 2 aliphatic rings. The van der Waals surface area contributed by atoms with E-state index in [-0.39, 0.29) is 0 Å². The Kier molecular flexibility index (Phi) is 5.68. The average molecular weight is 280 g/mol. The molecule has 0 aromatic carbocycles. The second-order valence-corrected chi connectivity index (χ2v) is 5.86. The van der Waals surface area contributed by atoms with E-state index in [2.05, 4.69) is 27.4 Å². The molecule has 0 radical (unpaired) electrons. The molecule has 114 valence electrons. The second kappa shape index (κ2) is 7.50. The van der Waals surface area contributed by atoms with E-state index >= 15 is 0 Å². The van der Waals surface area contributed by atoms with E-state index in [0.29, 0.717) is 11.9 Å². The average Bonchev–Trinajstić information content (AvgIpc) is 3.20. The summed E-state index contributed by atoms with van der Waals surface area (Å²) in [5, 5.41) is 6.72. The smallest absolute Gasteiger partial charge is 0.222 e. The Morgan fingerprint density at radius 1 is 1.45 bits per heavy atom. The first-order valence-electron chi connectivity index (χ1n) is 7.98. The minimum absolute atomic E-state index is 0.327. The third-order valence-corrected chi connectivity index (χ3v) is 4.27. The highest BCUT2D eigenvalue weighted by molar-refractivity contribution is 5.79. The van der Waals surface area contributed by atoms with Crippen molar-refractivity contribution in [3.8, 4) is 0 Å². The van der Waals surface area contributed by atoms with Crippen molar-refractivity contribution in [2.45, 2.75) is 51.5 Å². The van der Waals surface area contributed by atoms with Gasteiger partial charge in [-0.3, -0.25) is 9.79 Å². The van der Waals surface area contributed by atoms with Gasteiger partial charge in [0.25, 0.3) is 0 Å². The summed E-state index contributed by atoms with van der Waals surface area (Å²) in [5.41, 5.74) is 0. The molecule has 1 heterocycles. The van der Waals surface area contributed by atoms with Crippen LogP contribution < -0.4 is 10.6 Å². The molecule has 0 bridgehead atoms. The van der Waals surface area contributed by atoms with Crippen LogP contribution in [0.4, 0.5) is 0 Å². The van der Waals surface area contributed by atoms with Crippen LogP contribution in [0.25, 0.3) is 0 Å². The van der Waals surface area contributed by atoms with Crippen molar-refractivity contribution < 1.29 is 4.79 Å². The van der Waals surface area contributed by atoms with Gasteiger partial charge >= 0.3 is 0 Å². The first-order valence-corrected chi connectivity index (χ1v) is 7.98. The fraction of sp³-hybridized carbons (Fsp3) is 0.867. The van der Waals surface area contributed by atoms with Gasteiger partial charge in [-0.05, 0) is 38.0 Å². The highest BCUT2D eigenvalue weighted by Gasteiger charge is 2.26. The maximum atomic E-state index is 11.8. The van der Waals surface area contributed by atoms with Crippen molar-refractivity contribution in [3.05, 3.63) is 0 Å². The molecule has 1 saturated carbocycles. The molecule has 20 heavy (non-hydrogen) atoms. The molecule has 0 aromatic rings. The number of carbonyl (C=O) groups excluding carboxylic acids is 1. The normalized spacial score (nSPS) is 21.2. The summed E-state index contributed by atoms with van der Waals surface area (Å²) in [4.78, 5) is 18.1. The topological polar surface area (TPSA) is 56.7 Å². The largest absolute Gasteiger partial charge is 0.356 e. The molecule has 1 amide bonds. The minimum Gasteiger partial charge on any atom is -0.356 e. The lowest BCUT2D eigenvalue weighted by atomic mass is 10.1. The Bertz CT molecular complexity index is 352. The third-order valence-electron chi connectivity index (χ3n) is 4.27. The first kappa shape index (κ1) is 15.1. The number of likely N-dealkylation sites (tertiary alicyclic amines) is 1. The van der Waals surface area contributed by atoms with Crippen molar-refractivity contribution in [3.63, 3.8) is 0 Å². The molecule has 2 N–H and O–H groups in total. The van der Waals surface area contributed by atoms with Crippen LogP contribution in [0.1, 0.15) is 45.4 Å². The van der Waals surface area contributed by atoms with Crippen molar-refractivity contribution in [1.29, 1.82) is 0 Å². The summed E-state index contributed by atoms with van der Waals surface area (Å²) in [6.45, 7) is 5.00. The molecule has 0 spiro atoms. The van der Waals surface area contributed by atoms with Crippen molar-refractivity contribution in [2.75, 3.05) is 26.7 Å². The Hall–Kier alpha value is -1.26. The molecule has 5 heteroatoms. The van der Waals surface area contributed by atoms with Crippen molar-refractivity contribution in [1.82, 2.24) is 15.5 Å². The Morgan fingerprint density at radius 2 is 2.25 bits per heavy atom. The number of rotatable bonds is 7. The minimum atomic E-state index is 0.327. The standard InChI is InChI=1S/C15H28N4O/c1-3-13(19-10-4-5-14(19)20)8-9-17-15(16-2)18-11-12-6-7-12/h12-13H,3-11H2,1-2H3,(H2,16,17,18). The summed E-state index contributed by atoms with van der Waals surface area (Å²) < 4.78 is 0. The maximum Gasteiger partial charge on any atom is 0.222 e. The number of hydrogen-bond acceptors (Lipinski definition) is 2. The van der Waals surface area contributed by atoms with Crippen molar-refractivity contribution >= 4 is 11.9 Å². The SMILES string of the molecule is CCC(CCNC(=NC)NCC1CC1)N1CCCC1=O. The lowest BCUT2D eigenvalue weighted by molar-refractivity contribution is -0.129. The van der Waals surface area contributed by atoms with Crippen LogP contribution in [0, 0.1) is 5.92 Å². The van der Waals surface area contributed by atoms with E-state index in [1.807, 2.05) is 7.05 Å². The van der Waals surface area contributed by atoms with Gasteiger partial charge in [-0.2, -0.15) is 0 Å². The molecular formula is C15H28N4O. The Balaban J connectivity index is 1.67. The zero-order valence-electron chi connectivity index (χ0n) is 12.8. The van der Waals surface area contributed by atoms with Crippen LogP contribution in [0.2, 0.25) is 0 Å². The Morgan fingerprint density at radius 3 is 2.80 bits per heavy atom. The van der Waals surface area contributed by atoms with Gasteiger partial charge in [-0.15, -0.1) is 0 Å². The lowest BCUT2D eigenvalue weighted by Crippen LogP contribution is -2.42. The van der Waals surface area contributed by atoms with Crippen LogP contribution in [0.5, 0.6) is 0 Å². The molecule has 1 atom stereocenters. The van der Waals surface area contributed by atoms with E-state index < -0.39 is 0 Å². The van der Waals surface area contributed by atoms with Gasteiger partial charge < -0.3 is 15.5 Å². The number of nitrogens with zero attached hydrogens (tertiary/aromatic N) is 2. The monoisotopic (exact) mass is 280 g/mol. The number of nitrogens with one attached hydrogen (secondary N) is 2. The van der Waals surface area contributed by atoms with Crippen LogP contribution in [0.15, 0.2) is 4.99 Å². The van der Waals surface area contributed by atoms with Gasteiger partial charge in [0.1, 0.15) is 0 Å². The number of amides is 1. The molecule has 1 saturated heterocycles. The molecule has 5 nitrogen and oxygen atoms in total. The van der Waals surface area contributed by atoms with Gasteiger partial charge in [0.05, 0.1) is 0 Å². The van der Waals surface area contributed by atoms with Crippen molar-refractivity contribution in [2.24, 2.45) is 10.9 Å². The van der Waals surface area contributed by atoms with Crippen LogP contribution in [-0.4, -0.2) is 49.5 Å². The zero-order valence-corrected chi connectivity index (χ0v) is 12.8. The summed E-state index contributed by atoms with van der Waals surface area (Å²) in [5.74, 6) is 2.06. The number of guanidine groups is 1. The Labute approximate surface area is 122 Å². The fourth-order valence-electron chi connectivity index (χ4n) is 2.78. The molecule has 2 rings (SSSR count). The molecule has 0 aromatic heterocycles. The van der Waals surface area contributed by atoms with Gasteiger partial charge in [-0.25, -0.2) is 0 Å². The quantitative estimate of drug-likeness (QED) is 0.547. The number of aliphatic imine (C=N–C) groups is 1. The predicted octanol–water partition coefficient (Wildman–Crippen LogP) is 1.35. The van der Waals surface area contributed by atoms with E-state index in [1.165, 1.54) is 12.8 Å². The van der Waals surface area contributed by atoms with Gasteiger partial charge in [0, 0.05) is 39.1 Å². The third kappa shape index (κ3) is 4.39. The maximum absolute atomic E-state index is 11.8. The number of carbonyl (C=O) groups is 1. The molecule has 1 aliphatic carbocycles. The van der Waals surface area contributed by atoms with Gasteiger partial charge in [0.15, 0.2) is 5.96 Å². The van der Waals surface area contributed by atoms with E-state index in [4.69, 9.17) is 0 Å². The fourth-order valence-corrected chi connectivity index (χ4v) is 2.78. The molecular weight excluding hydrogens is 252 g/mol. The van der Waals surface area contributed by atoms with Gasteiger partial charge in [-0.1, -0.05) is 6.92 Å². The van der Waals surface area contributed by atoms with Crippen LogP contribution >= 0.6 is 0 Å². The summed E-state index contributed by atoms with van der Waals surface area (Å²) >= 11 is 0. The second-order valence-electron chi connectivity index (χ2n) is 5.86. The van der Waals surface area contributed by atoms with Crippen LogP contribution in [0.3, 0.4) is 0 Å². The van der Waals surface area contributed by atoms with E-state index in [1.54, 1.807) is 0 Å². The molecule has 1 unspecified atom stereocenters. The molecule has 2 fully saturated rings. The highest BCUT2D eigenvalue weighted by Crippen LogP contribution is 2.27. The summed E-state index contributed by atoms with van der Waals surface area (Å²) in [6.07, 6.45) is 6.47. The zero-order chi connectivity index (χ0) is 14.4. The number of hydrogen-bond donors (Lipinski definition) is 2. The summed E-state index contributed by atoms with van der Waals surface area (Å²) in [7, 11) is 1.81. The highest BCUT2D eigenvalue weighted by atomic mass is 16.2. The molecule has 1 aliphatic heterocycles.